The predicted molar refractivity (Wildman–Crippen MR) is 151 cm³/mol. The third-order valence-corrected chi connectivity index (χ3v) is 7.65. The van der Waals surface area contributed by atoms with Gasteiger partial charge in [0.15, 0.2) is 5.96 Å². The fourth-order valence-corrected chi connectivity index (χ4v) is 5.57. The summed E-state index contributed by atoms with van der Waals surface area (Å²) in [5, 5.41) is 3.79. The molecule has 0 saturated carbocycles. The smallest absolute Gasteiger partial charge is 0.317 e. The zero-order valence-electron chi connectivity index (χ0n) is 21.2. The van der Waals surface area contributed by atoms with E-state index in [1.807, 2.05) is 41.3 Å². The lowest BCUT2D eigenvalue weighted by Gasteiger charge is -2.27. The van der Waals surface area contributed by atoms with Gasteiger partial charge in [0.1, 0.15) is 5.54 Å². The molecule has 2 heterocycles. The van der Waals surface area contributed by atoms with Gasteiger partial charge in [0.05, 0.1) is 0 Å². The second-order valence-corrected chi connectivity index (χ2v) is 10.7. The van der Waals surface area contributed by atoms with E-state index in [0.29, 0.717) is 18.4 Å². The molecule has 5 rings (SSSR count). The van der Waals surface area contributed by atoms with E-state index in [9.17, 15) is 4.79 Å². The lowest BCUT2D eigenvalue weighted by Crippen LogP contribution is -2.42. The molecular weight excluding hydrogens is 482 g/mol. The van der Waals surface area contributed by atoms with Crippen LogP contribution in [-0.2, 0) is 12.0 Å². The van der Waals surface area contributed by atoms with Gasteiger partial charge in [-0.1, -0.05) is 72.3 Å². The summed E-state index contributed by atoms with van der Waals surface area (Å²) in [4.78, 5) is 21.7. The van der Waals surface area contributed by atoms with Crippen molar-refractivity contribution in [1.29, 1.82) is 0 Å². The number of hydrogen-bond acceptors (Lipinski definition) is 4. The first-order valence-electron chi connectivity index (χ1n) is 12.9. The first kappa shape index (κ1) is 25.2. The summed E-state index contributed by atoms with van der Waals surface area (Å²) in [5.41, 5.74) is 10.5. The molecule has 0 radical (unpaired) electrons. The van der Waals surface area contributed by atoms with Gasteiger partial charge in [0.25, 0.3) is 0 Å². The van der Waals surface area contributed by atoms with Crippen LogP contribution in [0.2, 0.25) is 5.02 Å². The molecule has 2 amide bonds. The molecule has 0 aliphatic carbocycles. The van der Waals surface area contributed by atoms with E-state index >= 15 is 0 Å². The van der Waals surface area contributed by atoms with Gasteiger partial charge < -0.3 is 20.9 Å². The molecule has 6 nitrogen and oxygen atoms in total. The van der Waals surface area contributed by atoms with Crippen LogP contribution in [0, 0.1) is 5.92 Å². The maximum atomic E-state index is 12.7. The van der Waals surface area contributed by atoms with Crippen molar-refractivity contribution in [3.8, 4) is 11.1 Å². The lowest BCUT2D eigenvalue weighted by molar-refractivity contribution is 0.205. The van der Waals surface area contributed by atoms with Crippen molar-refractivity contribution in [2.24, 2.45) is 16.6 Å². The number of carbonyl (C=O) groups is 1. The molecule has 192 valence electrons. The molecule has 2 aliphatic rings. The summed E-state index contributed by atoms with van der Waals surface area (Å²) in [6.07, 6.45) is 1.80. The fraction of sp³-hybridized carbons (Fsp3) is 0.333. The lowest BCUT2D eigenvalue weighted by atomic mass is 9.90. The molecule has 3 aromatic carbocycles. The molecule has 7 heteroatoms. The second-order valence-electron chi connectivity index (χ2n) is 10.3. The van der Waals surface area contributed by atoms with E-state index in [4.69, 9.17) is 22.3 Å². The monoisotopic (exact) mass is 515 g/mol. The second kappa shape index (κ2) is 10.9. The molecular formula is C30H34ClN5O. The van der Waals surface area contributed by atoms with E-state index in [1.54, 1.807) is 0 Å². The van der Waals surface area contributed by atoms with Gasteiger partial charge in [-0.05, 0) is 66.1 Å². The molecule has 2 aliphatic heterocycles. The van der Waals surface area contributed by atoms with Crippen LogP contribution in [-0.4, -0.2) is 54.5 Å². The number of halogens is 1. The third-order valence-electron chi connectivity index (χ3n) is 7.41. The van der Waals surface area contributed by atoms with E-state index in [1.165, 1.54) is 5.56 Å². The number of guanidine groups is 1. The Morgan fingerprint density at radius 1 is 1.08 bits per heavy atom. The minimum absolute atomic E-state index is 0.0177. The molecule has 3 aromatic rings. The highest BCUT2D eigenvalue weighted by Crippen LogP contribution is 2.34. The van der Waals surface area contributed by atoms with Crippen LogP contribution in [0.5, 0.6) is 0 Å². The average Bonchev–Trinajstić information content (AvgIpc) is 3.49. The number of nitrogens with zero attached hydrogens (tertiary/aromatic N) is 3. The number of rotatable bonds is 7. The number of hydrogen-bond donors (Lipinski definition) is 2. The van der Waals surface area contributed by atoms with E-state index in [0.717, 1.165) is 60.7 Å². The SMILES string of the molecule is CC1(c2cccc(-c3cccc(Cl)c3)c2)CN(C[C@H]2CCN(C(=O)NCCc3ccccc3)C2)C(N)=N1. The van der Waals surface area contributed by atoms with Gasteiger partial charge in [-0.25, -0.2) is 9.79 Å². The molecule has 2 atom stereocenters. The van der Waals surface area contributed by atoms with Crippen LogP contribution in [0.1, 0.15) is 24.5 Å². The number of nitrogens with two attached hydrogens (primary N) is 1. The van der Waals surface area contributed by atoms with Crippen LogP contribution in [0.4, 0.5) is 4.79 Å². The van der Waals surface area contributed by atoms with Gasteiger partial charge in [0, 0.05) is 37.7 Å². The van der Waals surface area contributed by atoms with Crippen molar-refractivity contribution < 1.29 is 4.79 Å². The highest BCUT2D eigenvalue weighted by Gasteiger charge is 2.38. The quantitative estimate of drug-likeness (QED) is 0.458. The van der Waals surface area contributed by atoms with E-state index in [-0.39, 0.29) is 6.03 Å². The average molecular weight is 516 g/mol. The van der Waals surface area contributed by atoms with E-state index in [2.05, 4.69) is 59.6 Å². The molecule has 1 saturated heterocycles. The first-order chi connectivity index (χ1) is 17.9. The van der Waals surface area contributed by atoms with Crippen molar-refractivity contribution in [1.82, 2.24) is 15.1 Å². The van der Waals surface area contributed by atoms with E-state index < -0.39 is 5.54 Å². The highest BCUT2D eigenvalue weighted by molar-refractivity contribution is 6.30. The van der Waals surface area contributed by atoms with Crippen molar-refractivity contribution in [2.45, 2.75) is 25.3 Å². The molecule has 0 bridgehead atoms. The summed E-state index contributed by atoms with van der Waals surface area (Å²) in [6, 6.07) is 26.6. The normalized spacial score (nSPS) is 21.2. The van der Waals surface area contributed by atoms with Gasteiger partial charge in [-0.3, -0.25) is 0 Å². The van der Waals surface area contributed by atoms with Gasteiger partial charge in [-0.2, -0.15) is 0 Å². The van der Waals surface area contributed by atoms with Crippen molar-refractivity contribution >= 4 is 23.6 Å². The minimum Gasteiger partial charge on any atom is -0.370 e. The van der Waals surface area contributed by atoms with Crippen LogP contribution < -0.4 is 11.1 Å². The largest absolute Gasteiger partial charge is 0.370 e. The minimum atomic E-state index is -0.425. The van der Waals surface area contributed by atoms with Gasteiger partial charge in [-0.15, -0.1) is 0 Å². The van der Waals surface area contributed by atoms with Crippen LogP contribution in [0.15, 0.2) is 83.9 Å². The molecule has 37 heavy (non-hydrogen) atoms. The number of aliphatic imine (C=N–C) groups is 1. The summed E-state index contributed by atoms with van der Waals surface area (Å²) < 4.78 is 0. The molecule has 3 N–H and O–H groups in total. The Hall–Kier alpha value is -3.51. The zero-order chi connectivity index (χ0) is 25.8. The molecule has 1 fully saturated rings. The van der Waals surface area contributed by atoms with Crippen molar-refractivity contribution in [3.63, 3.8) is 0 Å². The number of urea groups is 1. The molecule has 0 spiro atoms. The highest BCUT2D eigenvalue weighted by atomic mass is 35.5. The summed E-state index contributed by atoms with van der Waals surface area (Å²) in [7, 11) is 0. The number of carbonyl (C=O) groups excluding carboxylic acids is 1. The number of amides is 2. The Balaban J connectivity index is 1.16. The first-order valence-corrected chi connectivity index (χ1v) is 13.3. The zero-order valence-corrected chi connectivity index (χ0v) is 22.0. The maximum Gasteiger partial charge on any atom is 0.317 e. The van der Waals surface area contributed by atoms with Crippen LogP contribution in [0.3, 0.4) is 0 Å². The number of nitrogens with one attached hydrogen (secondary N) is 1. The Morgan fingerprint density at radius 2 is 1.84 bits per heavy atom. The Kier molecular flexibility index (Phi) is 7.38. The Bertz CT molecular complexity index is 1280. The molecule has 0 aromatic heterocycles. The topological polar surface area (TPSA) is 74.0 Å². The van der Waals surface area contributed by atoms with Crippen molar-refractivity contribution in [2.75, 3.05) is 32.7 Å². The third kappa shape index (κ3) is 5.91. The number of benzene rings is 3. The standard InChI is InChI=1S/C30H34ClN5O/c1-30(26-11-5-9-24(17-26)25-10-6-12-27(31)18-25)21-36(28(32)34-30)20-23-14-16-35(19-23)29(37)33-15-13-22-7-3-2-4-8-22/h2-12,17-18,23H,13-16,19-21H2,1H3,(H2,32,34)(H,33,37)/t23-,30?/m0/s1. The van der Waals surface area contributed by atoms with Gasteiger partial charge in [0.2, 0.25) is 0 Å². The number of likely N-dealkylation sites (tertiary alicyclic amines) is 1. The maximum absolute atomic E-state index is 12.7. The summed E-state index contributed by atoms with van der Waals surface area (Å²) in [5.74, 6) is 0.940. The van der Waals surface area contributed by atoms with Gasteiger partial charge >= 0.3 is 6.03 Å². The van der Waals surface area contributed by atoms with Crippen molar-refractivity contribution in [3.05, 3.63) is 95.0 Å². The summed E-state index contributed by atoms with van der Waals surface area (Å²) >= 11 is 6.21. The summed E-state index contributed by atoms with van der Waals surface area (Å²) in [6.45, 7) is 5.80. The molecule has 1 unspecified atom stereocenters. The fourth-order valence-electron chi connectivity index (χ4n) is 5.38. The van der Waals surface area contributed by atoms with Crippen LogP contribution >= 0.6 is 11.6 Å². The van der Waals surface area contributed by atoms with Crippen LogP contribution in [0.25, 0.3) is 11.1 Å². The Morgan fingerprint density at radius 3 is 2.62 bits per heavy atom. The predicted octanol–water partition coefficient (Wildman–Crippen LogP) is 5.13. The Labute approximate surface area is 224 Å².